The minimum Gasteiger partial charge on any atom is -0.496 e. The van der Waals surface area contributed by atoms with Gasteiger partial charge in [-0.05, 0) is 42.6 Å². The zero-order chi connectivity index (χ0) is 22.9. The highest BCUT2D eigenvalue weighted by Crippen LogP contribution is 2.28. The third-order valence-corrected chi connectivity index (χ3v) is 5.88. The molecule has 1 N–H and O–H groups in total. The van der Waals surface area contributed by atoms with Crippen LogP contribution in [0.4, 0.5) is 0 Å². The third kappa shape index (κ3) is 6.56. The largest absolute Gasteiger partial charge is 0.496 e. The van der Waals surface area contributed by atoms with Gasteiger partial charge in [0, 0.05) is 35.6 Å². The average Bonchev–Trinajstić information content (AvgIpc) is 3.30. The Labute approximate surface area is 193 Å². The van der Waals surface area contributed by atoms with E-state index in [0.717, 1.165) is 11.3 Å². The van der Waals surface area contributed by atoms with Crippen molar-refractivity contribution in [2.24, 2.45) is 0 Å². The van der Waals surface area contributed by atoms with Crippen molar-refractivity contribution in [3.8, 4) is 17.2 Å². The molecule has 1 atom stereocenters. The molecule has 0 bridgehead atoms. The Hall–Kier alpha value is -2.87. The molecule has 1 heterocycles. The molecule has 7 heteroatoms. The summed E-state index contributed by atoms with van der Waals surface area (Å²) in [4.78, 5) is 15.0. The van der Waals surface area contributed by atoms with Crippen LogP contribution in [0.3, 0.4) is 0 Å². The number of hydrogen-bond acceptors (Lipinski definition) is 7. The van der Waals surface area contributed by atoms with Crippen molar-refractivity contribution in [1.82, 2.24) is 4.90 Å². The molecule has 0 amide bonds. The van der Waals surface area contributed by atoms with E-state index in [1.54, 1.807) is 36.6 Å². The average molecular weight is 456 g/mol. The Bertz CT molecular complexity index is 1010. The fourth-order valence-corrected chi connectivity index (χ4v) is 4.17. The van der Waals surface area contributed by atoms with E-state index in [4.69, 9.17) is 14.2 Å². The Kier molecular flexibility index (Phi) is 8.67. The number of nitrogens with zero attached hydrogens (tertiary/aromatic N) is 1. The summed E-state index contributed by atoms with van der Waals surface area (Å²) in [5.41, 5.74) is 1.61. The maximum absolute atomic E-state index is 11.6. The molecule has 170 valence electrons. The van der Waals surface area contributed by atoms with Crippen LogP contribution in [0.2, 0.25) is 0 Å². The van der Waals surface area contributed by atoms with Crippen molar-refractivity contribution >= 4 is 17.1 Å². The number of benzene rings is 2. The summed E-state index contributed by atoms with van der Waals surface area (Å²) in [5.74, 6) is 1.74. The molecule has 3 rings (SSSR count). The first-order valence-electron chi connectivity index (χ1n) is 10.4. The van der Waals surface area contributed by atoms with Crippen molar-refractivity contribution in [1.29, 1.82) is 0 Å². The summed E-state index contributed by atoms with van der Waals surface area (Å²) < 4.78 is 16.7. The lowest BCUT2D eigenvalue weighted by molar-refractivity contribution is 0.0620. The van der Waals surface area contributed by atoms with Crippen LogP contribution < -0.4 is 14.2 Å². The SMILES string of the molecule is COc1ccccc1CN(Cc1cccs1)CC(O)COc1ccc(C(C)=O)cc1OC. The number of Topliss-reactive ketones (excluding diaryl/α,β-unsaturated/α-hetero) is 1. The van der Waals surface area contributed by atoms with Crippen molar-refractivity contribution < 1.29 is 24.1 Å². The molecule has 0 aliphatic rings. The molecule has 0 aliphatic heterocycles. The smallest absolute Gasteiger partial charge is 0.161 e. The Morgan fingerprint density at radius 1 is 1.00 bits per heavy atom. The lowest BCUT2D eigenvalue weighted by atomic mass is 10.1. The summed E-state index contributed by atoms with van der Waals surface area (Å²) in [5, 5.41) is 12.8. The van der Waals surface area contributed by atoms with E-state index in [9.17, 15) is 9.90 Å². The molecule has 6 nitrogen and oxygen atoms in total. The van der Waals surface area contributed by atoms with E-state index in [2.05, 4.69) is 11.0 Å². The van der Waals surface area contributed by atoms with E-state index >= 15 is 0 Å². The molecular formula is C25H29NO5S. The predicted octanol–water partition coefficient (Wildman–Crippen LogP) is 4.41. The summed E-state index contributed by atoms with van der Waals surface area (Å²) >= 11 is 1.69. The van der Waals surface area contributed by atoms with Crippen LogP contribution in [-0.4, -0.2) is 49.3 Å². The van der Waals surface area contributed by atoms with Gasteiger partial charge >= 0.3 is 0 Å². The van der Waals surface area contributed by atoms with E-state index < -0.39 is 6.10 Å². The second-order valence-electron chi connectivity index (χ2n) is 7.45. The number of aliphatic hydroxyl groups excluding tert-OH is 1. The zero-order valence-corrected chi connectivity index (χ0v) is 19.4. The second-order valence-corrected chi connectivity index (χ2v) is 8.48. The maximum Gasteiger partial charge on any atom is 0.161 e. The maximum atomic E-state index is 11.6. The van der Waals surface area contributed by atoms with E-state index in [1.165, 1.54) is 18.9 Å². The van der Waals surface area contributed by atoms with Crippen LogP contribution in [0.25, 0.3) is 0 Å². The van der Waals surface area contributed by atoms with Crippen molar-refractivity contribution in [3.05, 3.63) is 76.0 Å². The summed E-state index contributed by atoms with van der Waals surface area (Å²) in [6.45, 7) is 3.37. The number of methoxy groups -OCH3 is 2. The van der Waals surface area contributed by atoms with Crippen LogP contribution in [0.15, 0.2) is 60.0 Å². The summed E-state index contributed by atoms with van der Waals surface area (Å²) in [6, 6.07) is 17.0. The van der Waals surface area contributed by atoms with Crippen molar-refractivity contribution in [2.75, 3.05) is 27.4 Å². The molecule has 0 saturated carbocycles. The van der Waals surface area contributed by atoms with Crippen LogP contribution in [0.5, 0.6) is 17.2 Å². The van der Waals surface area contributed by atoms with Gasteiger partial charge in [0.25, 0.3) is 0 Å². The Balaban J connectivity index is 1.67. The molecule has 3 aromatic rings. The van der Waals surface area contributed by atoms with Gasteiger partial charge in [-0.3, -0.25) is 9.69 Å². The number of thiophene rings is 1. The fraction of sp³-hybridized carbons (Fsp3) is 0.320. The first-order valence-corrected chi connectivity index (χ1v) is 11.2. The van der Waals surface area contributed by atoms with Gasteiger partial charge in [-0.2, -0.15) is 0 Å². The first-order chi connectivity index (χ1) is 15.5. The molecule has 1 unspecified atom stereocenters. The number of rotatable bonds is 12. The highest BCUT2D eigenvalue weighted by molar-refractivity contribution is 7.09. The number of carbonyl (C=O) groups is 1. The van der Waals surface area contributed by atoms with Crippen LogP contribution in [0, 0.1) is 0 Å². The monoisotopic (exact) mass is 455 g/mol. The van der Waals surface area contributed by atoms with E-state index in [1.807, 2.05) is 35.7 Å². The van der Waals surface area contributed by atoms with Gasteiger partial charge in [0.1, 0.15) is 18.5 Å². The number of para-hydroxylation sites is 1. The molecular weight excluding hydrogens is 426 g/mol. The van der Waals surface area contributed by atoms with E-state index in [0.29, 0.717) is 36.7 Å². The minimum absolute atomic E-state index is 0.0459. The van der Waals surface area contributed by atoms with Gasteiger partial charge in [-0.1, -0.05) is 24.3 Å². The normalized spacial score (nSPS) is 11.9. The first kappa shape index (κ1) is 23.8. The number of ether oxygens (including phenoxy) is 3. The van der Waals surface area contributed by atoms with Crippen molar-refractivity contribution in [3.63, 3.8) is 0 Å². The number of ketones is 1. The standard InChI is InChI=1S/C25H29NO5S/c1-18(27)19-10-11-24(25(13-19)30-3)31-17-21(28)15-26(16-22-8-6-12-32-22)14-20-7-4-5-9-23(20)29-2/h4-13,21,28H,14-17H2,1-3H3. The summed E-state index contributed by atoms with van der Waals surface area (Å²) in [6.07, 6.45) is -0.721. The molecule has 0 fully saturated rings. The molecule has 0 spiro atoms. The zero-order valence-electron chi connectivity index (χ0n) is 18.6. The fourth-order valence-electron chi connectivity index (χ4n) is 3.42. The van der Waals surface area contributed by atoms with Crippen molar-refractivity contribution in [2.45, 2.75) is 26.1 Å². The lowest BCUT2D eigenvalue weighted by Crippen LogP contribution is -2.35. The van der Waals surface area contributed by atoms with E-state index in [-0.39, 0.29) is 12.4 Å². The third-order valence-electron chi connectivity index (χ3n) is 5.02. The summed E-state index contributed by atoms with van der Waals surface area (Å²) in [7, 11) is 3.19. The van der Waals surface area contributed by atoms with Crippen LogP contribution >= 0.6 is 11.3 Å². The van der Waals surface area contributed by atoms with Crippen LogP contribution in [-0.2, 0) is 13.1 Å². The quantitative estimate of drug-likeness (QED) is 0.408. The molecule has 32 heavy (non-hydrogen) atoms. The van der Waals surface area contributed by atoms with Gasteiger partial charge in [0.15, 0.2) is 17.3 Å². The second kappa shape index (κ2) is 11.7. The molecule has 1 aromatic heterocycles. The molecule has 0 saturated heterocycles. The van der Waals surface area contributed by atoms with Gasteiger partial charge in [0.2, 0.25) is 0 Å². The Morgan fingerprint density at radius 2 is 1.78 bits per heavy atom. The number of aliphatic hydroxyl groups is 1. The highest BCUT2D eigenvalue weighted by Gasteiger charge is 2.17. The topological polar surface area (TPSA) is 68.2 Å². The predicted molar refractivity (Wildman–Crippen MR) is 126 cm³/mol. The lowest BCUT2D eigenvalue weighted by Gasteiger charge is -2.25. The van der Waals surface area contributed by atoms with Gasteiger partial charge in [-0.25, -0.2) is 0 Å². The Morgan fingerprint density at radius 3 is 2.47 bits per heavy atom. The molecule has 2 aromatic carbocycles. The number of hydrogen-bond donors (Lipinski definition) is 1. The highest BCUT2D eigenvalue weighted by atomic mass is 32.1. The molecule has 0 aliphatic carbocycles. The molecule has 0 radical (unpaired) electrons. The van der Waals surface area contributed by atoms with Gasteiger partial charge < -0.3 is 19.3 Å². The van der Waals surface area contributed by atoms with Gasteiger partial charge in [0.05, 0.1) is 14.2 Å². The minimum atomic E-state index is -0.721. The van der Waals surface area contributed by atoms with Crippen LogP contribution in [0.1, 0.15) is 27.7 Å². The number of carbonyl (C=O) groups excluding carboxylic acids is 1. The van der Waals surface area contributed by atoms with Gasteiger partial charge in [-0.15, -0.1) is 11.3 Å².